The van der Waals surface area contributed by atoms with Crippen LogP contribution in [0.5, 0.6) is 0 Å². The lowest BCUT2D eigenvalue weighted by Crippen LogP contribution is -2.25. The van der Waals surface area contributed by atoms with Gasteiger partial charge in [-0.25, -0.2) is 0 Å². The summed E-state index contributed by atoms with van der Waals surface area (Å²) in [7, 11) is 0. The molecule has 0 aromatic heterocycles. The van der Waals surface area contributed by atoms with E-state index in [1.54, 1.807) is 0 Å². The molecule has 0 aliphatic rings. The maximum absolute atomic E-state index is 3.55. The van der Waals surface area contributed by atoms with Crippen molar-refractivity contribution >= 4 is 0 Å². The van der Waals surface area contributed by atoms with Crippen molar-refractivity contribution < 1.29 is 0 Å². The van der Waals surface area contributed by atoms with E-state index in [9.17, 15) is 0 Å². The van der Waals surface area contributed by atoms with Gasteiger partial charge in [0.2, 0.25) is 0 Å². The van der Waals surface area contributed by atoms with Crippen LogP contribution in [-0.4, -0.2) is 13.1 Å². The van der Waals surface area contributed by atoms with Crippen LogP contribution in [0, 0.1) is 19.8 Å². The van der Waals surface area contributed by atoms with Gasteiger partial charge in [0.05, 0.1) is 0 Å². The molecule has 1 unspecified atom stereocenters. The van der Waals surface area contributed by atoms with Gasteiger partial charge in [0.1, 0.15) is 0 Å². The molecule has 0 spiro atoms. The van der Waals surface area contributed by atoms with Crippen LogP contribution in [0.25, 0.3) is 0 Å². The zero-order valence-corrected chi connectivity index (χ0v) is 12.0. The van der Waals surface area contributed by atoms with E-state index in [1.165, 1.54) is 23.1 Å². The fourth-order valence-corrected chi connectivity index (χ4v) is 2.40. The summed E-state index contributed by atoms with van der Waals surface area (Å²) >= 11 is 0. The SMILES string of the molecule is CCCNCC(c1cc(C)cc(C)c1)C(C)C. The molecule has 17 heavy (non-hydrogen) atoms. The van der Waals surface area contributed by atoms with Gasteiger partial charge in [0, 0.05) is 6.54 Å². The van der Waals surface area contributed by atoms with Crippen LogP contribution in [0.2, 0.25) is 0 Å². The zero-order valence-electron chi connectivity index (χ0n) is 12.0. The van der Waals surface area contributed by atoms with Crippen LogP contribution >= 0.6 is 0 Å². The lowest BCUT2D eigenvalue weighted by atomic mass is 9.86. The van der Waals surface area contributed by atoms with Crippen LogP contribution in [0.15, 0.2) is 18.2 Å². The molecule has 1 aromatic carbocycles. The Balaban J connectivity index is 2.81. The highest BCUT2D eigenvalue weighted by Crippen LogP contribution is 2.25. The molecule has 0 amide bonds. The molecule has 0 aliphatic heterocycles. The number of nitrogens with one attached hydrogen (secondary N) is 1. The molecule has 0 saturated heterocycles. The van der Waals surface area contributed by atoms with Crippen LogP contribution in [0.4, 0.5) is 0 Å². The Morgan fingerprint density at radius 2 is 1.65 bits per heavy atom. The van der Waals surface area contributed by atoms with E-state index in [4.69, 9.17) is 0 Å². The summed E-state index contributed by atoms with van der Waals surface area (Å²) in [5.74, 6) is 1.31. The summed E-state index contributed by atoms with van der Waals surface area (Å²) in [6.07, 6.45) is 1.21. The highest BCUT2D eigenvalue weighted by Gasteiger charge is 2.15. The molecule has 0 radical (unpaired) electrons. The van der Waals surface area contributed by atoms with E-state index in [1.807, 2.05) is 0 Å². The third-order valence-electron chi connectivity index (χ3n) is 3.27. The van der Waals surface area contributed by atoms with Crippen molar-refractivity contribution in [1.29, 1.82) is 0 Å². The summed E-state index contributed by atoms with van der Waals surface area (Å²) in [6, 6.07) is 6.93. The first-order chi connectivity index (χ1) is 8.04. The highest BCUT2D eigenvalue weighted by atomic mass is 14.9. The average Bonchev–Trinajstić information content (AvgIpc) is 2.22. The van der Waals surface area contributed by atoms with E-state index in [2.05, 4.69) is 58.1 Å². The molecular formula is C16H27N. The second-order valence-electron chi connectivity index (χ2n) is 5.48. The molecule has 1 N–H and O–H groups in total. The minimum absolute atomic E-state index is 0.625. The van der Waals surface area contributed by atoms with Gasteiger partial charge in [-0.3, -0.25) is 0 Å². The Morgan fingerprint density at radius 1 is 1.06 bits per heavy atom. The second-order valence-corrected chi connectivity index (χ2v) is 5.48. The lowest BCUT2D eigenvalue weighted by molar-refractivity contribution is 0.461. The molecule has 1 nitrogen and oxygen atoms in total. The predicted octanol–water partition coefficient (Wildman–Crippen LogP) is 4.04. The van der Waals surface area contributed by atoms with Gasteiger partial charge in [-0.1, -0.05) is 50.1 Å². The third-order valence-corrected chi connectivity index (χ3v) is 3.27. The van der Waals surface area contributed by atoms with Crippen molar-refractivity contribution in [2.45, 2.75) is 47.0 Å². The minimum Gasteiger partial charge on any atom is -0.316 e. The van der Waals surface area contributed by atoms with E-state index < -0.39 is 0 Å². The van der Waals surface area contributed by atoms with Gasteiger partial charge in [-0.05, 0) is 44.2 Å². The zero-order chi connectivity index (χ0) is 12.8. The Hall–Kier alpha value is -0.820. The monoisotopic (exact) mass is 233 g/mol. The molecule has 0 fully saturated rings. The van der Waals surface area contributed by atoms with Crippen molar-refractivity contribution in [2.75, 3.05) is 13.1 Å². The number of hydrogen-bond donors (Lipinski definition) is 1. The summed E-state index contributed by atoms with van der Waals surface area (Å²) in [4.78, 5) is 0. The van der Waals surface area contributed by atoms with Gasteiger partial charge in [-0.15, -0.1) is 0 Å². The first-order valence-corrected chi connectivity index (χ1v) is 6.83. The summed E-state index contributed by atoms with van der Waals surface area (Å²) < 4.78 is 0. The third kappa shape index (κ3) is 4.51. The van der Waals surface area contributed by atoms with Gasteiger partial charge >= 0.3 is 0 Å². The first-order valence-electron chi connectivity index (χ1n) is 6.83. The second kappa shape index (κ2) is 6.80. The van der Waals surface area contributed by atoms with Crippen molar-refractivity contribution in [3.63, 3.8) is 0 Å². The van der Waals surface area contributed by atoms with E-state index in [0.29, 0.717) is 11.8 Å². The molecule has 1 atom stereocenters. The van der Waals surface area contributed by atoms with Gasteiger partial charge in [0.25, 0.3) is 0 Å². The Bertz CT molecular complexity index is 321. The molecule has 1 heteroatoms. The topological polar surface area (TPSA) is 12.0 Å². The molecule has 0 aliphatic carbocycles. The number of benzene rings is 1. The molecule has 1 aromatic rings. The molecule has 0 bridgehead atoms. The predicted molar refractivity (Wildman–Crippen MR) is 76.7 cm³/mol. The van der Waals surface area contributed by atoms with E-state index >= 15 is 0 Å². The standard InChI is InChI=1S/C16H27N/c1-6-7-17-11-16(12(2)3)15-9-13(4)8-14(5)10-15/h8-10,12,16-17H,6-7,11H2,1-5H3. The summed E-state index contributed by atoms with van der Waals surface area (Å²) in [6.45, 7) is 13.4. The first kappa shape index (κ1) is 14.2. The Kier molecular flexibility index (Phi) is 5.70. The quantitative estimate of drug-likeness (QED) is 0.731. The fraction of sp³-hybridized carbons (Fsp3) is 0.625. The van der Waals surface area contributed by atoms with Crippen LogP contribution < -0.4 is 5.32 Å². The van der Waals surface area contributed by atoms with Gasteiger partial charge < -0.3 is 5.32 Å². The van der Waals surface area contributed by atoms with Gasteiger partial charge in [-0.2, -0.15) is 0 Å². The molecule has 0 saturated carbocycles. The molecule has 96 valence electrons. The van der Waals surface area contributed by atoms with Crippen molar-refractivity contribution in [3.8, 4) is 0 Å². The average molecular weight is 233 g/mol. The maximum atomic E-state index is 3.55. The molecule has 1 rings (SSSR count). The number of aryl methyl sites for hydroxylation is 2. The Labute approximate surface area is 107 Å². The molecular weight excluding hydrogens is 206 g/mol. The number of hydrogen-bond acceptors (Lipinski definition) is 1. The molecule has 0 heterocycles. The number of rotatable bonds is 6. The lowest BCUT2D eigenvalue weighted by Gasteiger charge is -2.23. The van der Waals surface area contributed by atoms with Crippen molar-refractivity contribution in [3.05, 3.63) is 34.9 Å². The maximum Gasteiger partial charge on any atom is 0.00226 e. The summed E-state index contributed by atoms with van der Waals surface area (Å²) in [5, 5.41) is 3.55. The van der Waals surface area contributed by atoms with Crippen LogP contribution in [-0.2, 0) is 0 Å². The van der Waals surface area contributed by atoms with E-state index in [-0.39, 0.29) is 0 Å². The van der Waals surface area contributed by atoms with Crippen LogP contribution in [0.1, 0.15) is 49.8 Å². The van der Waals surface area contributed by atoms with Crippen molar-refractivity contribution in [2.24, 2.45) is 5.92 Å². The minimum atomic E-state index is 0.625. The van der Waals surface area contributed by atoms with Crippen LogP contribution in [0.3, 0.4) is 0 Å². The largest absolute Gasteiger partial charge is 0.316 e. The smallest absolute Gasteiger partial charge is 0.00226 e. The van der Waals surface area contributed by atoms with E-state index in [0.717, 1.165) is 13.1 Å². The fourth-order valence-electron chi connectivity index (χ4n) is 2.40. The van der Waals surface area contributed by atoms with Crippen molar-refractivity contribution in [1.82, 2.24) is 5.32 Å². The Morgan fingerprint density at radius 3 is 2.12 bits per heavy atom. The summed E-state index contributed by atoms with van der Waals surface area (Å²) in [5.41, 5.74) is 4.24. The van der Waals surface area contributed by atoms with Gasteiger partial charge in [0.15, 0.2) is 0 Å². The normalized spacial score (nSPS) is 13.1. The highest BCUT2D eigenvalue weighted by molar-refractivity contribution is 5.31.